The van der Waals surface area contributed by atoms with Gasteiger partial charge in [-0.25, -0.2) is 13.6 Å². The zero-order valence-electron chi connectivity index (χ0n) is 12.9. The van der Waals surface area contributed by atoms with Gasteiger partial charge in [-0.3, -0.25) is 4.79 Å². The van der Waals surface area contributed by atoms with Crippen molar-refractivity contribution in [3.05, 3.63) is 17.0 Å². The van der Waals surface area contributed by atoms with Gasteiger partial charge in [-0.15, -0.1) is 11.3 Å². The minimum Gasteiger partial charge on any atom is -0.355 e. The van der Waals surface area contributed by atoms with Crippen molar-refractivity contribution in [2.24, 2.45) is 22.9 Å². The number of hydrogen-bond acceptors (Lipinski definition) is 4. The first kappa shape index (κ1) is 18.1. The van der Waals surface area contributed by atoms with Crippen molar-refractivity contribution >= 4 is 27.3 Å². The molecule has 120 valence electrons. The van der Waals surface area contributed by atoms with Crippen LogP contribution in [0.1, 0.15) is 32.6 Å². The van der Waals surface area contributed by atoms with Crippen LogP contribution in [0.5, 0.6) is 0 Å². The van der Waals surface area contributed by atoms with E-state index in [-0.39, 0.29) is 16.5 Å². The van der Waals surface area contributed by atoms with E-state index in [2.05, 4.69) is 33.0 Å². The molecule has 0 aliphatic heterocycles. The van der Waals surface area contributed by atoms with Gasteiger partial charge in [-0.1, -0.05) is 27.7 Å². The average molecular weight is 332 g/mol. The standard InChI is InChI=1S/C14H24N2O3S2/c1-9(2)12(10(3)4)8-16-13(17)7-11-5-6-14(20-11)21(15,18)19/h5-6,9-10,12H,7-8H2,1-4H3,(H,16,17)(H2,15,18,19). The van der Waals surface area contributed by atoms with Gasteiger partial charge in [0.2, 0.25) is 15.9 Å². The Balaban J connectivity index is 2.56. The van der Waals surface area contributed by atoms with Crippen molar-refractivity contribution in [3.63, 3.8) is 0 Å². The van der Waals surface area contributed by atoms with E-state index in [9.17, 15) is 13.2 Å². The Morgan fingerprint density at radius 3 is 2.24 bits per heavy atom. The summed E-state index contributed by atoms with van der Waals surface area (Å²) in [5.74, 6) is 1.34. The molecule has 0 spiro atoms. The number of hydrogen-bond donors (Lipinski definition) is 2. The van der Waals surface area contributed by atoms with Crippen LogP contribution >= 0.6 is 11.3 Å². The van der Waals surface area contributed by atoms with Crippen LogP contribution in [-0.2, 0) is 21.2 Å². The number of carbonyl (C=O) groups excluding carboxylic acids is 1. The van der Waals surface area contributed by atoms with Crippen LogP contribution in [0.4, 0.5) is 0 Å². The van der Waals surface area contributed by atoms with Gasteiger partial charge < -0.3 is 5.32 Å². The molecule has 0 bridgehead atoms. The lowest BCUT2D eigenvalue weighted by Gasteiger charge is -2.25. The van der Waals surface area contributed by atoms with Gasteiger partial charge in [0.25, 0.3) is 0 Å². The number of carbonyl (C=O) groups is 1. The van der Waals surface area contributed by atoms with E-state index in [1.807, 2.05) is 0 Å². The first-order chi connectivity index (χ1) is 9.61. The number of nitrogens with two attached hydrogens (primary N) is 1. The number of thiophene rings is 1. The quantitative estimate of drug-likeness (QED) is 0.800. The second kappa shape index (κ2) is 7.38. The average Bonchev–Trinajstić information content (AvgIpc) is 2.76. The predicted octanol–water partition coefficient (Wildman–Crippen LogP) is 1.98. The molecule has 0 saturated carbocycles. The first-order valence-electron chi connectivity index (χ1n) is 6.99. The number of primary sulfonamides is 1. The molecule has 1 amide bonds. The van der Waals surface area contributed by atoms with Gasteiger partial charge in [0.05, 0.1) is 6.42 Å². The summed E-state index contributed by atoms with van der Waals surface area (Å²) in [6, 6.07) is 3.07. The van der Waals surface area contributed by atoms with Crippen molar-refractivity contribution in [1.82, 2.24) is 5.32 Å². The Morgan fingerprint density at radius 1 is 1.24 bits per heavy atom. The maximum atomic E-state index is 11.9. The van der Waals surface area contributed by atoms with E-state index in [0.29, 0.717) is 29.2 Å². The van der Waals surface area contributed by atoms with E-state index >= 15 is 0 Å². The Labute approximate surface area is 131 Å². The number of sulfonamides is 1. The normalized spacial score (nSPS) is 12.4. The molecule has 0 unspecified atom stereocenters. The van der Waals surface area contributed by atoms with Crippen molar-refractivity contribution in [2.75, 3.05) is 6.54 Å². The lowest BCUT2D eigenvalue weighted by molar-refractivity contribution is -0.120. The molecule has 0 aliphatic rings. The molecule has 0 aliphatic carbocycles. The molecular weight excluding hydrogens is 308 g/mol. The summed E-state index contributed by atoms with van der Waals surface area (Å²) >= 11 is 1.04. The maximum Gasteiger partial charge on any atom is 0.247 e. The van der Waals surface area contributed by atoms with E-state index in [1.165, 1.54) is 6.07 Å². The van der Waals surface area contributed by atoms with E-state index in [0.717, 1.165) is 11.3 Å². The van der Waals surface area contributed by atoms with E-state index in [1.54, 1.807) is 6.07 Å². The Hall–Kier alpha value is -0.920. The van der Waals surface area contributed by atoms with Gasteiger partial charge in [0.1, 0.15) is 4.21 Å². The molecule has 1 rings (SSSR count). The van der Waals surface area contributed by atoms with Gasteiger partial charge in [-0.05, 0) is 29.9 Å². The molecule has 5 nitrogen and oxygen atoms in total. The molecule has 3 N–H and O–H groups in total. The van der Waals surface area contributed by atoms with Gasteiger partial charge in [-0.2, -0.15) is 0 Å². The molecule has 0 atom stereocenters. The van der Waals surface area contributed by atoms with Gasteiger partial charge >= 0.3 is 0 Å². The molecule has 1 aromatic rings. The minimum absolute atomic E-state index is 0.0903. The molecule has 21 heavy (non-hydrogen) atoms. The maximum absolute atomic E-state index is 11.9. The summed E-state index contributed by atoms with van der Waals surface area (Å²) in [4.78, 5) is 12.6. The summed E-state index contributed by atoms with van der Waals surface area (Å²) in [7, 11) is -3.68. The largest absolute Gasteiger partial charge is 0.355 e. The monoisotopic (exact) mass is 332 g/mol. The van der Waals surface area contributed by atoms with Crippen LogP contribution in [0, 0.1) is 17.8 Å². The second-order valence-corrected chi connectivity index (χ2v) is 8.86. The molecule has 0 radical (unpaired) electrons. The van der Waals surface area contributed by atoms with Gasteiger partial charge in [0.15, 0.2) is 0 Å². The van der Waals surface area contributed by atoms with Crippen molar-refractivity contribution in [2.45, 2.75) is 38.3 Å². The fourth-order valence-corrected chi connectivity index (χ4v) is 4.08. The minimum atomic E-state index is -3.68. The summed E-state index contributed by atoms with van der Waals surface area (Å²) in [6.45, 7) is 9.23. The number of amides is 1. The molecule has 7 heteroatoms. The highest BCUT2D eigenvalue weighted by molar-refractivity contribution is 7.91. The lowest BCUT2D eigenvalue weighted by atomic mass is 9.85. The van der Waals surface area contributed by atoms with Crippen molar-refractivity contribution < 1.29 is 13.2 Å². The van der Waals surface area contributed by atoms with E-state index in [4.69, 9.17) is 5.14 Å². The Kier molecular flexibility index (Phi) is 6.37. The zero-order chi connectivity index (χ0) is 16.2. The highest BCUT2D eigenvalue weighted by Gasteiger charge is 2.19. The highest BCUT2D eigenvalue weighted by Crippen LogP contribution is 2.21. The Bertz CT molecular complexity index is 569. The van der Waals surface area contributed by atoms with Crippen LogP contribution in [0.15, 0.2) is 16.3 Å². The molecule has 1 heterocycles. The fraction of sp³-hybridized carbons (Fsp3) is 0.643. The van der Waals surface area contributed by atoms with E-state index < -0.39 is 10.0 Å². The first-order valence-corrected chi connectivity index (χ1v) is 9.35. The summed E-state index contributed by atoms with van der Waals surface area (Å²) in [6.07, 6.45) is 0.184. The number of rotatable bonds is 7. The number of nitrogens with one attached hydrogen (secondary N) is 1. The molecule has 0 fully saturated rings. The van der Waals surface area contributed by atoms with Gasteiger partial charge in [0, 0.05) is 11.4 Å². The smallest absolute Gasteiger partial charge is 0.247 e. The predicted molar refractivity (Wildman–Crippen MR) is 85.6 cm³/mol. The summed E-state index contributed by atoms with van der Waals surface area (Å²) in [5, 5.41) is 7.98. The molecular formula is C14H24N2O3S2. The molecule has 0 aromatic carbocycles. The SMILES string of the molecule is CC(C)C(CNC(=O)Cc1ccc(S(N)(=O)=O)s1)C(C)C. The zero-order valence-corrected chi connectivity index (χ0v) is 14.6. The Morgan fingerprint density at radius 2 is 1.81 bits per heavy atom. The second-order valence-electron chi connectivity index (χ2n) is 5.90. The van der Waals surface area contributed by atoms with Crippen LogP contribution < -0.4 is 10.5 Å². The fourth-order valence-electron chi connectivity index (χ4n) is 2.30. The third kappa shape index (κ3) is 5.76. The van der Waals surface area contributed by atoms with Crippen LogP contribution in [0.25, 0.3) is 0 Å². The van der Waals surface area contributed by atoms with Crippen LogP contribution in [-0.4, -0.2) is 20.9 Å². The third-order valence-corrected chi connectivity index (χ3v) is 6.02. The summed E-state index contributed by atoms with van der Waals surface area (Å²) < 4.78 is 22.5. The van der Waals surface area contributed by atoms with Crippen molar-refractivity contribution in [3.8, 4) is 0 Å². The van der Waals surface area contributed by atoms with Crippen LogP contribution in [0.3, 0.4) is 0 Å². The molecule has 1 aromatic heterocycles. The lowest BCUT2D eigenvalue weighted by Crippen LogP contribution is -2.34. The summed E-state index contributed by atoms with van der Waals surface area (Å²) in [5.41, 5.74) is 0. The highest BCUT2D eigenvalue weighted by atomic mass is 32.2. The van der Waals surface area contributed by atoms with Crippen molar-refractivity contribution in [1.29, 1.82) is 0 Å². The third-order valence-electron chi connectivity index (χ3n) is 3.50. The topological polar surface area (TPSA) is 89.3 Å². The van der Waals surface area contributed by atoms with Crippen LogP contribution in [0.2, 0.25) is 0 Å². The molecule has 0 saturated heterocycles.